The number of hydrogen-bond acceptors (Lipinski definition) is 14. The summed E-state index contributed by atoms with van der Waals surface area (Å²) in [5, 5.41) is 20.0. The molecule has 0 radical (unpaired) electrons. The van der Waals surface area contributed by atoms with Gasteiger partial charge >= 0.3 is 0 Å². The van der Waals surface area contributed by atoms with Crippen LogP contribution in [0.5, 0.6) is 0 Å². The second kappa shape index (κ2) is 21.4. The standard InChI is InChI=1S/C48H53ClN14O4/c1-29-23-38(54-26-32(29)25-51-18-19-52-41(64)16-9-17-53-47-59-46(50)63-48(60-47)58-43(61-63)40-15-10-22-67-40)44(65)56-36-13-7-11-34(31(36)3)35-12-8-14-37(42(35)49)57-45(66)39-24-30(2)33(27-55-39)28-62-20-5-4-6-21-62/h7-8,10-15,22-24,26-27,51H,4-6,9,16-21,25,28H2,1-3H3,(H,52,64)(H,56,65)(H,57,66)(H3,50,53,58,59,60,61). The van der Waals surface area contributed by atoms with Gasteiger partial charge in [0.05, 0.1) is 17.0 Å². The predicted molar refractivity (Wildman–Crippen MR) is 258 cm³/mol. The fourth-order valence-corrected chi connectivity index (χ4v) is 8.12. The number of halogens is 1. The molecule has 1 saturated heterocycles. The van der Waals surface area contributed by atoms with E-state index in [2.05, 4.69) is 61.5 Å². The van der Waals surface area contributed by atoms with Crippen molar-refractivity contribution in [1.29, 1.82) is 0 Å². The summed E-state index contributed by atoms with van der Waals surface area (Å²) < 4.78 is 6.68. The van der Waals surface area contributed by atoms with E-state index in [9.17, 15) is 14.4 Å². The first-order valence-corrected chi connectivity index (χ1v) is 22.7. The first-order chi connectivity index (χ1) is 32.5. The number of rotatable bonds is 18. The second-order valence-corrected chi connectivity index (χ2v) is 16.8. The van der Waals surface area contributed by atoms with Crippen LogP contribution in [0.4, 0.5) is 23.3 Å². The molecule has 0 aliphatic carbocycles. The number of aryl methyl sites for hydroxylation is 2. The van der Waals surface area contributed by atoms with Gasteiger partial charge in [-0.2, -0.15) is 19.5 Å². The maximum atomic E-state index is 13.5. The Balaban J connectivity index is 0.778. The number of carbonyl (C=O) groups is 3. The topological polar surface area (TPSA) is 236 Å². The van der Waals surface area contributed by atoms with Gasteiger partial charge in [0.15, 0.2) is 5.76 Å². The molecule has 67 heavy (non-hydrogen) atoms. The summed E-state index contributed by atoms with van der Waals surface area (Å²) in [5.41, 5.74) is 14.0. The average molecular weight is 925 g/mol. The van der Waals surface area contributed by atoms with Crippen LogP contribution in [0.2, 0.25) is 5.02 Å². The van der Waals surface area contributed by atoms with Gasteiger partial charge in [-0.25, -0.2) is 0 Å². The molecule has 0 bridgehead atoms. The zero-order valence-electron chi connectivity index (χ0n) is 37.7. The number of nitrogens with zero attached hydrogens (tertiary/aromatic N) is 8. The minimum atomic E-state index is -0.356. The molecule has 7 aromatic rings. The Bertz CT molecular complexity index is 2900. The molecule has 0 unspecified atom stereocenters. The number of anilines is 4. The molecule has 2 aromatic carbocycles. The van der Waals surface area contributed by atoms with E-state index in [4.69, 9.17) is 21.8 Å². The lowest BCUT2D eigenvalue weighted by molar-refractivity contribution is -0.121. The van der Waals surface area contributed by atoms with E-state index >= 15 is 0 Å². The van der Waals surface area contributed by atoms with Crippen molar-refractivity contribution >= 4 is 58.4 Å². The van der Waals surface area contributed by atoms with E-state index < -0.39 is 0 Å². The van der Waals surface area contributed by atoms with Crippen LogP contribution in [-0.4, -0.2) is 89.9 Å². The number of fused-ring (bicyclic) bond motifs is 1. The summed E-state index contributed by atoms with van der Waals surface area (Å²) in [5.74, 6) is 0.729. The summed E-state index contributed by atoms with van der Waals surface area (Å²) in [6.45, 7) is 10.8. The lowest BCUT2D eigenvalue weighted by atomic mass is 9.98. The number of benzene rings is 2. The van der Waals surface area contributed by atoms with Crippen LogP contribution >= 0.6 is 11.6 Å². The summed E-state index contributed by atoms with van der Waals surface area (Å²) >= 11 is 6.96. The number of nitrogens with two attached hydrogens (primary N) is 1. The zero-order chi connectivity index (χ0) is 46.9. The third-order valence-corrected chi connectivity index (χ3v) is 12.1. The van der Waals surface area contributed by atoms with Crippen molar-refractivity contribution in [3.8, 4) is 22.7 Å². The molecule has 1 aliphatic heterocycles. The molecule has 19 heteroatoms. The number of nitrogen functional groups attached to an aromatic ring is 1. The van der Waals surface area contributed by atoms with E-state index in [0.29, 0.717) is 78.3 Å². The highest BCUT2D eigenvalue weighted by Gasteiger charge is 2.19. The Morgan fingerprint density at radius 3 is 2.21 bits per heavy atom. The summed E-state index contributed by atoms with van der Waals surface area (Å²) in [6.07, 6.45) is 9.57. The molecule has 6 heterocycles. The summed E-state index contributed by atoms with van der Waals surface area (Å²) in [6, 6.07) is 18.1. The van der Waals surface area contributed by atoms with Crippen molar-refractivity contribution in [2.45, 2.75) is 66.0 Å². The minimum absolute atomic E-state index is 0.0812. The Labute approximate surface area is 392 Å². The van der Waals surface area contributed by atoms with Crippen LogP contribution in [0.25, 0.3) is 28.5 Å². The molecule has 0 spiro atoms. The van der Waals surface area contributed by atoms with Crippen molar-refractivity contribution in [2.24, 2.45) is 0 Å². The molecule has 8 rings (SSSR count). The molecular weight excluding hydrogens is 872 g/mol. The monoisotopic (exact) mass is 924 g/mol. The van der Waals surface area contributed by atoms with Crippen LogP contribution in [0.3, 0.4) is 0 Å². The number of piperidine rings is 1. The lowest BCUT2D eigenvalue weighted by Gasteiger charge is -2.26. The van der Waals surface area contributed by atoms with Crippen LogP contribution in [0.15, 0.2) is 83.7 Å². The van der Waals surface area contributed by atoms with Crippen LogP contribution < -0.4 is 32.3 Å². The number of pyridine rings is 2. The van der Waals surface area contributed by atoms with E-state index in [1.165, 1.54) is 30.0 Å². The predicted octanol–water partition coefficient (Wildman–Crippen LogP) is 6.99. The SMILES string of the molecule is Cc1cc(C(=O)Nc2cccc(-c3cccc(NC(=O)c4cc(C)c(CN5CCCCC5)cn4)c3Cl)c2C)ncc1CNCCNC(=O)CCCNc1nc(N)n2nc(-c3ccco3)nc2n1. The highest BCUT2D eigenvalue weighted by Crippen LogP contribution is 2.38. The maximum absolute atomic E-state index is 13.5. The van der Waals surface area contributed by atoms with E-state index in [0.717, 1.165) is 53.0 Å². The fourth-order valence-electron chi connectivity index (χ4n) is 7.84. The van der Waals surface area contributed by atoms with Crippen molar-refractivity contribution in [3.05, 3.63) is 124 Å². The van der Waals surface area contributed by atoms with Crippen molar-refractivity contribution in [2.75, 3.05) is 54.4 Å². The quantitative estimate of drug-likeness (QED) is 0.0477. The van der Waals surface area contributed by atoms with Gasteiger partial charge in [0.1, 0.15) is 11.4 Å². The van der Waals surface area contributed by atoms with Crippen molar-refractivity contribution < 1.29 is 18.8 Å². The van der Waals surface area contributed by atoms with Crippen LogP contribution in [0.1, 0.15) is 80.9 Å². The number of hydrogen-bond donors (Lipinski definition) is 6. The second-order valence-electron chi connectivity index (χ2n) is 16.5. The van der Waals surface area contributed by atoms with Crippen LogP contribution in [-0.2, 0) is 17.9 Å². The highest BCUT2D eigenvalue weighted by molar-refractivity contribution is 6.36. The van der Waals surface area contributed by atoms with Gasteiger partial charge in [-0.1, -0.05) is 42.3 Å². The number of amides is 3. The fraction of sp³-hybridized carbons (Fsp3) is 0.312. The third kappa shape index (κ3) is 11.4. The van der Waals surface area contributed by atoms with E-state index in [1.54, 1.807) is 36.7 Å². The van der Waals surface area contributed by atoms with Gasteiger partial charge in [0.2, 0.25) is 23.6 Å². The van der Waals surface area contributed by atoms with Crippen molar-refractivity contribution in [1.82, 2.24) is 50.1 Å². The minimum Gasteiger partial charge on any atom is -0.461 e. The lowest BCUT2D eigenvalue weighted by Crippen LogP contribution is -2.31. The Hall–Kier alpha value is -7.28. The first-order valence-electron chi connectivity index (χ1n) is 22.3. The molecule has 5 aromatic heterocycles. The Kier molecular flexibility index (Phi) is 14.7. The largest absolute Gasteiger partial charge is 0.461 e. The van der Waals surface area contributed by atoms with Crippen molar-refractivity contribution in [3.63, 3.8) is 0 Å². The number of carbonyl (C=O) groups excluding carboxylic acids is 3. The van der Waals surface area contributed by atoms with Gasteiger partial charge < -0.3 is 36.7 Å². The highest BCUT2D eigenvalue weighted by atomic mass is 35.5. The molecule has 1 fully saturated rings. The van der Waals surface area contributed by atoms with Gasteiger partial charge in [0.25, 0.3) is 17.6 Å². The molecule has 7 N–H and O–H groups in total. The number of aromatic nitrogens is 7. The molecule has 3 amide bonds. The smallest absolute Gasteiger partial charge is 0.274 e. The Morgan fingerprint density at radius 2 is 1.49 bits per heavy atom. The third-order valence-electron chi connectivity index (χ3n) is 11.6. The van der Waals surface area contributed by atoms with E-state index in [1.807, 2.05) is 57.2 Å². The van der Waals surface area contributed by atoms with Gasteiger partial charge in [0, 0.05) is 62.8 Å². The van der Waals surface area contributed by atoms with Crippen LogP contribution in [0, 0.1) is 20.8 Å². The molecule has 0 atom stereocenters. The van der Waals surface area contributed by atoms with Gasteiger partial charge in [-0.15, -0.1) is 5.10 Å². The number of nitrogens with one attached hydrogen (secondary N) is 5. The zero-order valence-corrected chi connectivity index (χ0v) is 38.4. The summed E-state index contributed by atoms with van der Waals surface area (Å²) in [4.78, 5) is 63.7. The molecule has 1 aliphatic rings. The van der Waals surface area contributed by atoms with E-state index in [-0.39, 0.29) is 41.1 Å². The van der Waals surface area contributed by atoms with Gasteiger partial charge in [-0.3, -0.25) is 29.3 Å². The molecule has 346 valence electrons. The number of likely N-dealkylation sites (tertiary alicyclic amines) is 1. The number of furan rings is 1. The maximum Gasteiger partial charge on any atom is 0.274 e. The molecular formula is C48H53ClN14O4. The molecule has 18 nitrogen and oxygen atoms in total. The normalized spacial score (nSPS) is 12.8. The molecule has 0 saturated carbocycles. The average Bonchev–Trinajstić information content (AvgIpc) is 4.02. The first kappa shape index (κ1) is 46.3. The Morgan fingerprint density at radius 1 is 0.791 bits per heavy atom. The van der Waals surface area contributed by atoms with Gasteiger partial charge in [-0.05, 0) is 123 Å². The summed E-state index contributed by atoms with van der Waals surface area (Å²) in [7, 11) is 0.